The van der Waals surface area contributed by atoms with Crippen LogP contribution in [0, 0.1) is 0 Å². The number of rotatable bonds is 8. The lowest BCUT2D eigenvalue weighted by Gasteiger charge is -2.12. The van der Waals surface area contributed by atoms with Crippen molar-refractivity contribution in [1.82, 2.24) is 10.9 Å². The van der Waals surface area contributed by atoms with Gasteiger partial charge in [-0.15, -0.1) is 0 Å². The Bertz CT molecular complexity index is 794. The van der Waals surface area contributed by atoms with Crippen molar-refractivity contribution in [3.63, 3.8) is 0 Å². The van der Waals surface area contributed by atoms with Crippen LogP contribution in [0.2, 0.25) is 0 Å². The van der Waals surface area contributed by atoms with Crippen LogP contribution in [0.5, 0.6) is 23.0 Å². The van der Waals surface area contributed by atoms with Crippen molar-refractivity contribution >= 4 is 11.8 Å². The maximum atomic E-state index is 12.0. The minimum absolute atomic E-state index is 0.0635. The number of benzene rings is 2. The van der Waals surface area contributed by atoms with E-state index in [4.69, 9.17) is 18.9 Å². The van der Waals surface area contributed by atoms with Crippen molar-refractivity contribution in [1.29, 1.82) is 0 Å². The monoisotopic (exact) mass is 374 g/mol. The largest absolute Gasteiger partial charge is 0.493 e. The van der Waals surface area contributed by atoms with E-state index in [2.05, 4.69) is 10.9 Å². The standard InChI is InChI=1S/C19H22N2O6/c1-24-14-6-4-5-7-16(14)27-12-19(23)21-20-18(22)11-13-8-9-15(25-2)17(10-13)26-3/h4-10H,11-12H2,1-3H3,(H,20,22)(H,21,23). The van der Waals surface area contributed by atoms with Gasteiger partial charge >= 0.3 is 0 Å². The molecule has 0 spiro atoms. The van der Waals surface area contributed by atoms with Gasteiger partial charge in [-0.3, -0.25) is 20.4 Å². The smallest absolute Gasteiger partial charge is 0.276 e. The summed E-state index contributed by atoms with van der Waals surface area (Å²) in [5, 5.41) is 0. The lowest BCUT2D eigenvalue weighted by Crippen LogP contribution is -2.44. The fourth-order valence-corrected chi connectivity index (χ4v) is 2.28. The Morgan fingerprint density at radius 3 is 2.04 bits per heavy atom. The Morgan fingerprint density at radius 1 is 0.778 bits per heavy atom. The van der Waals surface area contributed by atoms with Gasteiger partial charge in [0.1, 0.15) is 0 Å². The van der Waals surface area contributed by atoms with Gasteiger partial charge in [0.15, 0.2) is 29.6 Å². The van der Waals surface area contributed by atoms with Crippen LogP contribution in [0.1, 0.15) is 5.56 Å². The zero-order valence-corrected chi connectivity index (χ0v) is 15.4. The van der Waals surface area contributed by atoms with E-state index < -0.39 is 5.91 Å². The minimum Gasteiger partial charge on any atom is -0.493 e. The first-order chi connectivity index (χ1) is 13.1. The fraction of sp³-hybridized carbons (Fsp3) is 0.263. The SMILES string of the molecule is COc1ccc(CC(=O)NNC(=O)COc2ccccc2OC)cc1OC. The van der Waals surface area contributed by atoms with Gasteiger partial charge in [0, 0.05) is 0 Å². The Balaban J connectivity index is 1.80. The van der Waals surface area contributed by atoms with Crippen LogP contribution >= 0.6 is 0 Å². The topological polar surface area (TPSA) is 95.1 Å². The number of hydrazine groups is 1. The minimum atomic E-state index is -0.499. The molecule has 0 atom stereocenters. The maximum absolute atomic E-state index is 12.0. The lowest BCUT2D eigenvalue weighted by molar-refractivity contribution is -0.129. The summed E-state index contributed by atoms with van der Waals surface area (Å²) in [6.07, 6.45) is 0.0635. The molecule has 8 nitrogen and oxygen atoms in total. The molecule has 2 aromatic rings. The zero-order valence-electron chi connectivity index (χ0n) is 15.4. The van der Waals surface area contributed by atoms with E-state index >= 15 is 0 Å². The van der Waals surface area contributed by atoms with Gasteiger partial charge in [-0.1, -0.05) is 18.2 Å². The van der Waals surface area contributed by atoms with Crippen LogP contribution in [0.15, 0.2) is 42.5 Å². The molecule has 0 fully saturated rings. The van der Waals surface area contributed by atoms with E-state index in [1.165, 1.54) is 21.3 Å². The number of amides is 2. The highest BCUT2D eigenvalue weighted by Gasteiger charge is 2.10. The number of carbonyl (C=O) groups excluding carboxylic acids is 2. The predicted molar refractivity (Wildman–Crippen MR) is 98.0 cm³/mol. The number of ether oxygens (including phenoxy) is 4. The Kier molecular flexibility index (Phi) is 7.30. The van der Waals surface area contributed by atoms with Crippen molar-refractivity contribution in [3.05, 3.63) is 48.0 Å². The summed E-state index contributed by atoms with van der Waals surface area (Å²) >= 11 is 0. The fourth-order valence-electron chi connectivity index (χ4n) is 2.28. The van der Waals surface area contributed by atoms with E-state index in [9.17, 15) is 9.59 Å². The molecule has 0 aliphatic rings. The third kappa shape index (κ3) is 5.81. The molecule has 8 heteroatoms. The number of para-hydroxylation sites is 2. The first-order valence-electron chi connectivity index (χ1n) is 8.11. The summed E-state index contributed by atoms with van der Waals surface area (Å²) < 4.78 is 20.9. The second-order valence-electron chi connectivity index (χ2n) is 5.40. The molecule has 2 aromatic carbocycles. The van der Waals surface area contributed by atoms with Gasteiger partial charge in [-0.25, -0.2) is 0 Å². The van der Waals surface area contributed by atoms with Crippen molar-refractivity contribution < 1.29 is 28.5 Å². The Hall–Kier alpha value is -3.42. The summed E-state index contributed by atoms with van der Waals surface area (Å²) in [6, 6.07) is 12.1. The molecule has 0 unspecified atom stereocenters. The Labute approximate surface area is 157 Å². The van der Waals surface area contributed by atoms with Crippen LogP contribution in [0.4, 0.5) is 0 Å². The van der Waals surface area contributed by atoms with Crippen LogP contribution in [-0.2, 0) is 16.0 Å². The molecule has 27 heavy (non-hydrogen) atoms. The van der Waals surface area contributed by atoms with E-state index in [0.29, 0.717) is 28.6 Å². The lowest BCUT2D eigenvalue weighted by atomic mass is 10.1. The van der Waals surface area contributed by atoms with Crippen LogP contribution in [-0.4, -0.2) is 39.8 Å². The molecule has 0 aromatic heterocycles. The van der Waals surface area contributed by atoms with Crippen LogP contribution in [0.25, 0.3) is 0 Å². The molecule has 0 bridgehead atoms. The molecule has 0 saturated heterocycles. The molecule has 0 heterocycles. The predicted octanol–water partition coefficient (Wildman–Crippen LogP) is 1.48. The van der Waals surface area contributed by atoms with Gasteiger partial charge < -0.3 is 18.9 Å². The van der Waals surface area contributed by atoms with E-state index in [-0.39, 0.29) is 18.9 Å². The van der Waals surface area contributed by atoms with Crippen LogP contribution in [0.3, 0.4) is 0 Å². The van der Waals surface area contributed by atoms with E-state index in [0.717, 1.165) is 0 Å². The van der Waals surface area contributed by atoms with E-state index in [1.54, 1.807) is 42.5 Å². The maximum Gasteiger partial charge on any atom is 0.276 e. The molecule has 2 amide bonds. The average Bonchev–Trinajstić information content (AvgIpc) is 2.70. The summed E-state index contributed by atoms with van der Waals surface area (Å²) in [7, 11) is 4.56. The quantitative estimate of drug-likeness (QED) is 0.680. The third-order valence-electron chi connectivity index (χ3n) is 3.58. The van der Waals surface area contributed by atoms with Crippen molar-refractivity contribution in [2.45, 2.75) is 6.42 Å². The third-order valence-corrected chi connectivity index (χ3v) is 3.58. The summed E-state index contributed by atoms with van der Waals surface area (Å²) in [4.78, 5) is 23.8. The zero-order chi connectivity index (χ0) is 19.6. The molecule has 0 aliphatic carbocycles. The molecule has 2 N–H and O–H groups in total. The molecule has 2 rings (SSSR count). The molecule has 144 valence electrons. The normalized spacial score (nSPS) is 9.89. The van der Waals surface area contributed by atoms with Crippen molar-refractivity contribution in [3.8, 4) is 23.0 Å². The molecule has 0 radical (unpaired) electrons. The average molecular weight is 374 g/mol. The van der Waals surface area contributed by atoms with E-state index in [1.807, 2.05) is 0 Å². The first kappa shape index (κ1) is 19.9. The summed E-state index contributed by atoms with van der Waals surface area (Å²) in [5.41, 5.74) is 5.35. The van der Waals surface area contributed by atoms with Crippen molar-refractivity contribution in [2.75, 3.05) is 27.9 Å². The second kappa shape index (κ2) is 9.91. The van der Waals surface area contributed by atoms with Crippen molar-refractivity contribution in [2.24, 2.45) is 0 Å². The molecule has 0 saturated carbocycles. The molecule has 0 aliphatic heterocycles. The summed E-state index contributed by atoms with van der Waals surface area (Å²) in [5.74, 6) is 1.17. The van der Waals surface area contributed by atoms with Gasteiger partial charge in [-0.2, -0.15) is 0 Å². The highest BCUT2D eigenvalue weighted by Crippen LogP contribution is 2.27. The molecular formula is C19H22N2O6. The number of carbonyl (C=O) groups is 2. The summed E-state index contributed by atoms with van der Waals surface area (Å²) in [6.45, 7) is -0.267. The second-order valence-corrected chi connectivity index (χ2v) is 5.40. The highest BCUT2D eigenvalue weighted by molar-refractivity contribution is 5.84. The number of methoxy groups -OCH3 is 3. The van der Waals surface area contributed by atoms with Crippen LogP contribution < -0.4 is 29.8 Å². The Morgan fingerprint density at radius 2 is 1.37 bits per heavy atom. The van der Waals surface area contributed by atoms with Gasteiger partial charge in [0.05, 0.1) is 27.8 Å². The van der Waals surface area contributed by atoms with Gasteiger partial charge in [0.25, 0.3) is 5.91 Å². The highest BCUT2D eigenvalue weighted by atomic mass is 16.5. The number of hydrogen-bond donors (Lipinski definition) is 2. The number of hydrogen-bond acceptors (Lipinski definition) is 6. The first-order valence-corrected chi connectivity index (χ1v) is 8.11. The number of nitrogens with one attached hydrogen (secondary N) is 2. The van der Waals surface area contributed by atoms with Gasteiger partial charge in [-0.05, 0) is 29.8 Å². The molecular weight excluding hydrogens is 352 g/mol. The van der Waals surface area contributed by atoms with Gasteiger partial charge in [0.2, 0.25) is 5.91 Å².